The fourth-order valence-corrected chi connectivity index (χ4v) is 2.18. The number of halogens is 2. The van der Waals surface area contributed by atoms with E-state index in [1.54, 1.807) is 4.68 Å². The molecular weight excluding hydrogens is 304 g/mol. The normalized spacial score (nSPS) is 10.8. The molecule has 90 valence electrons. The highest BCUT2D eigenvalue weighted by Crippen LogP contribution is 2.23. The van der Waals surface area contributed by atoms with Crippen molar-refractivity contribution in [2.24, 2.45) is 0 Å². The molecule has 0 amide bonds. The Kier molecular flexibility index (Phi) is 4.15. The Morgan fingerprint density at radius 2 is 2.29 bits per heavy atom. The highest BCUT2D eigenvalue weighted by molar-refractivity contribution is 9.10. The molecule has 0 aliphatic carbocycles. The van der Waals surface area contributed by atoms with Gasteiger partial charge in [0.15, 0.2) is 0 Å². The van der Waals surface area contributed by atoms with E-state index in [-0.39, 0.29) is 0 Å². The highest BCUT2D eigenvalue weighted by atomic mass is 79.9. The lowest BCUT2D eigenvalue weighted by Gasteiger charge is -2.03. The second kappa shape index (κ2) is 5.62. The Morgan fingerprint density at radius 1 is 1.47 bits per heavy atom. The van der Waals surface area contributed by atoms with Gasteiger partial charge in [0.2, 0.25) is 0 Å². The molecule has 0 aliphatic rings. The van der Waals surface area contributed by atoms with Crippen molar-refractivity contribution in [1.29, 1.82) is 0 Å². The van der Waals surface area contributed by atoms with Gasteiger partial charge in [0.05, 0.1) is 22.6 Å². The van der Waals surface area contributed by atoms with Crippen molar-refractivity contribution in [2.75, 3.05) is 6.54 Å². The van der Waals surface area contributed by atoms with Crippen LogP contribution in [0.15, 0.2) is 28.9 Å². The molecular formula is C11H12BrClN4. The number of benzene rings is 1. The van der Waals surface area contributed by atoms with Gasteiger partial charge in [0.1, 0.15) is 0 Å². The Morgan fingerprint density at radius 3 is 3.00 bits per heavy atom. The Bertz CT molecular complexity index is 512. The zero-order valence-electron chi connectivity index (χ0n) is 9.32. The highest BCUT2D eigenvalue weighted by Gasteiger charge is 2.06. The summed E-state index contributed by atoms with van der Waals surface area (Å²) in [6.07, 6.45) is 1.87. The van der Waals surface area contributed by atoms with Crippen LogP contribution >= 0.6 is 27.5 Å². The molecule has 0 radical (unpaired) electrons. The molecule has 0 unspecified atom stereocenters. The van der Waals surface area contributed by atoms with Crippen LogP contribution in [-0.2, 0) is 6.54 Å². The largest absolute Gasteiger partial charge is 0.311 e. The molecule has 17 heavy (non-hydrogen) atoms. The van der Waals surface area contributed by atoms with Crippen molar-refractivity contribution in [3.63, 3.8) is 0 Å². The van der Waals surface area contributed by atoms with Crippen LogP contribution in [-0.4, -0.2) is 21.5 Å². The van der Waals surface area contributed by atoms with E-state index >= 15 is 0 Å². The second-order valence-corrected chi connectivity index (χ2v) is 4.85. The number of rotatable bonds is 4. The molecule has 0 aliphatic heterocycles. The van der Waals surface area contributed by atoms with Crippen molar-refractivity contribution in [1.82, 2.24) is 20.3 Å². The van der Waals surface area contributed by atoms with Gasteiger partial charge in [-0.1, -0.05) is 39.7 Å². The van der Waals surface area contributed by atoms with Gasteiger partial charge in [-0.2, -0.15) is 0 Å². The second-order valence-electron chi connectivity index (χ2n) is 3.53. The van der Waals surface area contributed by atoms with Gasteiger partial charge in [0.25, 0.3) is 0 Å². The van der Waals surface area contributed by atoms with E-state index < -0.39 is 0 Å². The number of nitrogens with one attached hydrogen (secondary N) is 1. The molecule has 0 saturated carbocycles. The maximum Gasteiger partial charge on any atom is 0.0969 e. The Balaban J connectivity index is 2.24. The summed E-state index contributed by atoms with van der Waals surface area (Å²) in [5.74, 6) is 0. The van der Waals surface area contributed by atoms with Gasteiger partial charge in [-0.3, -0.25) is 0 Å². The van der Waals surface area contributed by atoms with E-state index in [1.807, 2.05) is 24.4 Å². The molecule has 2 rings (SSSR count). The smallest absolute Gasteiger partial charge is 0.0969 e. The van der Waals surface area contributed by atoms with Crippen molar-refractivity contribution in [3.05, 3.63) is 39.6 Å². The van der Waals surface area contributed by atoms with Gasteiger partial charge in [-0.25, -0.2) is 4.68 Å². The van der Waals surface area contributed by atoms with Crippen LogP contribution in [0.3, 0.4) is 0 Å². The maximum atomic E-state index is 6.14. The summed E-state index contributed by atoms with van der Waals surface area (Å²) >= 11 is 9.51. The van der Waals surface area contributed by atoms with Gasteiger partial charge >= 0.3 is 0 Å². The standard InChI is InChI=1S/C11H12BrClN4/c1-2-14-6-9-7-17(16-15-9)11-4-3-8(12)5-10(11)13/h3-5,7,14H,2,6H2,1H3. The number of nitrogens with zero attached hydrogens (tertiary/aromatic N) is 3. The fourth-order valence-electron chi connectivity index (χ4n) is 1.42. The number of aromatic nitrogens is 3. The molecule has 1 heterocycles. The fraction of sp³-hybridized carbons (Fsp3) is 0.273. The minimum atomic E-state index is 0.638. The summed E-state index contributed by atoms with van der Waals surface area (Å²) in [5.41, 5.74) is 1.72. The zero-order valence-corrected chi connectivity index (χ0v) is 11.7. The van der Waals surface area contributed by atoms with Gasteiger partial charge in [0, 0.05) is 11.0 Å². The van der Waals surface area contributed by atoms with Crippen LogP contribution in [0.2, 0.25) is 5.02 Å². The summed E-state index contributed by atoms with van der Waals surface area (Å²) < 4.78 is 2.63. The lowest BCUT2D eigenvalue weighted by molar-refractivity contribution is 0.705. The SMILES string of the molecule is CCNCc1cn(-c2ccc(Br)cc2Cl)nn1. The van der Waals surface area contributed by atoms with E-state index in [0.717, 1.165) is 22.4 Å². The molecule has 4 nitrogen and oxygen atoms in total. The summed E-state index contributed by atoms with van der Waals surface area (Å²) in [7, 11) is 0. The van der Waals surface area contributed by atoms with E-state index in [0.29, 0.717) is 11.6 Å². The van der Waals surface area contributed by atoms with Gasteiger partial charge in [-0.05, 0) is 24.7 Å². The van der Waals surface area contributed by atoms with E-state index in [9.17, 15) is 0 Å². The third kappa shape index (κ3) is 3.06. The van der Waals surface area contributed by atoms with Crippen molar-refractivity contribution in [3.8, 4) is 5.69 Å². The van der Waals surface area contributed by atoms with Gasteiger partial charge in [-0.15, -0.1) is 5.10 Å². The number of hydrogen-bond acceptors (Lipinski definition) is 3. The molecule has 1 N–H and O–H groups in total. The van der Waals surface area contributed by atoms with Crippen LogP contribution in [0.25, 0.3) is 5.69 Å². The van der Waals surface area contributed by atoms with E-state index in [2.05, 4.69) is 38.5 Å². The molecule has 1 aromatic carbocycles. The van der Waals surface area contributed by atoms with Crippen molar-refractivity contribution < 1.29 is 0 Å². The first kappa shape index (κ1) is 12.5. The third-order valence-corrected chi connectivity index (χ3v) is 3.05. The van der Waals surface area contributed by atoms with Gasteiger partial charge < -0.3 is 5.32 Å². The van der Waals surface area contributed by atoms with Crippen LogP contribution in [0, 0.1) is 0 Å². The monoisotopic (exact) mass is 314 g/mol. The molecule has 0 saturated heterocycles. The van der Waals surface area contributed by atoms with Crippen LogP contribution < -0.4 is 5.32 Å². The average Bonchev–Trinajstić information content (AvgIpc) is 2.75. The number of hydrogen-bond donors (Lipinski definition) is 1. The quantitative estimate of drug-likeness (QED) is 0.943. The maximum absolute atomic E-state index is 6.14. The Hall–Kier alpha value is -0.910. The first-order valence-corrected chi connectivity index (χ1v) is 6.45. The lowest BCUT2D eigenvalue weighted by atomic mass is 10.3. The van der Waals surface area contributed by atoms with Crippen LogP contribution in [0.1, 0.15) is 12.6 Å². The predicted molar refractivity (Wildman–Crippen MR) is 71.4 cm³/mol. The minimum absolute atomic E-state index is 0.638. The topological polar surface area (TPSA) is 42.7 Å². The molecule has 2 aromatic rings. The third-order valence-electron chi connectivity index (χ3n) is 2.25. The van der Waals surface area contributed by atoms with Crippen molar-refractivity contribution in [2.45, 2.75) is 13.5 Å². The minimum Gasteiger partial charge on any atom is -0.311 e. The van der Waals surface area contributed by atoms with Crippen LogP contribution in [0.5, 0.6) is 0 Å². The molecule has 0 spiro atoms. The Labute approximate surface area is 113 Å². The summed E-state index contributed by atoms with van der Waals surface area (Å²) in [5, 5.41) is 12.0. The predicted octanol–water partition coefficient (Wildman–Crippen LogP) is 2.79. The molecule has 0 atom stereocenters. The molecule has 1 aromatic heterocycles. The van der Waals surface area contributed by atoms with E-state index in [1.165, 1.54) is 0 Å². The van der Waals surface area contributed by atoms with E-state index in [4.69, 9.17) is 11.6 Å². The summed E-state index contributed by atoms with van der Waals surface area (Å²) in [6.45, 7) is 3.67. The molecule has 6 heteroatoms. The first-order valence-electron chi connectivity index (χ1n) is 5.28. The first-order chi connectivity index (χ1) is 8.20. The molecule has 0 fully saturated rings. The lowest BCUT2D eigenvalue weighted by Crippen LogP contribution is -2.11. The van der Waals surface area contributed by atoms with Crippen molar-refractivity contribution >= 4 is 27.5 Å². The zero-order chi connectivity index (χ0) is 12.3. The summed E-state index contributed by atoms with van der Waals surface area (Å²) in [4.78, 5) is 0. The summed E-state index contributed by atoms with van der Waals surface area (Å²) in [6, 6.07) is 5.66. The molecule has 0 bridgehead atoms. The van der Waals surface area contributed by atoms with Crippen LogP contribution in [0.4, 0.5) is 0 Å². The average molecular weight is 316 g/mol.